The van der Waals surface area contributed by atoms with Crippen molar-refractivity contribution < 1.29 is 24.2 Å². The zero-order valence-corrected chi connectivity index (χ0v) is 14.9. The molecule has 24 heavy (non-hydrogen) atoms. The van der Waals surface area contributed by atoms with Crippen LogP contribution in [0, 0.1) is 0 Å². The number of hydrogen-bond acceptors (Lipinski definition) is 5. The largest absolute Gasteiger partial charge is 0.480 e. The van der Waals surface area contributed by atoms with E-state index >= 15 is 0 Å². The Bertz CT molecular complexity index is 551. The van der Waals surface area contributed by atoms with E-state index in [9.17, 15) is 14.4 Å². The molecular formula is C16H24N2O5S. The van der Waals surface area contributed by atoms with Crippen LogP contribution >= 0.6 is 11.3 Å². The van der Waals surface area contributed by atoms with Crippen molar-refractivity contribution in [3.05, 3.63) is 22.4 Å². The molecule has 0 saturated heterocycles. The van der Waals surface area contributed by atoms with Gasteiger partial charge in [-0.25, -0.2) is 4.79 Å². The van der Waals surface area contributed by atoms with Gasteiger partial charge < -0.3 is 20.5 Å². The van der Waals surface area contributed by atoms with Crippen LogP contribution in [-0.2, 0) is 14.3 Å². The van der Waals surface area contributed by atoms with Crippen LogP contribution in [0.2, 0.25) is 0 Å². The van der Waals surface area contributed by atoms with E-state index in [4.69, 9.17) is 9.84 Å². The fraction of sp³-hybridized carbons (Fsp3) is 0.562. The third-order valence-electron chi connectivity index (χ3n) is 2.96. The number of hydrogen-bond donors (Lipinski definition) is 3. The summed E-state index contributed by atoms with van der Waals surface area (Å²) in [6.07, 6.45) is 0.195. The van der Waals surface area contributed by atoms with Gasteiger partial charge in [-0.1, -0.05) is 6.07 Å². The molecule has 0 fully saturated rings. The number of carbonyl (C=O) groups excluding carboxylic acids is 2. The lowest BCUT2D eigenvalue weighted by Gasteiger charge is -2.21. The number of thiophene rings is 1. The van der Waals surface area contributed by atoms with Crippen molar-refractivity contribution >= 4 is 29.1 Å². The molecule has 0 spiro atoms. The zero-order chi connectivity index (χ0) is 18.2. The highest BCUT2D eigenvalue weighted by Gasteiger charge is 2.21. The van der Waals surface area contributed by atoms with Gasteiger partial charge in [-0.05, 0) is 32.2 Å². The number of rotatable bonds is 9. The first-order chi connectivity index (χ1) is 11.2. The van der Waals surface area contributed by atoms with Crippen LogP contribution < -0.4 is 10.6 Å². The van der Waals surface area contributed by atoms with Crippen molar-refractivity contribution in [2.24, 2.45) is 0 Å². The van der Waals surface area contributed by atoms with E-state index in [0.717, 1.165) is 0 Å². The number of carboxylic acids is 1. The summed E-state index contributed by atoms with van der Waals surface area (Å²) in [5.74, 6) is -1.78. The first-order valence-corrected chi connectivity index (χ1v) is 8.55. The van der Waals surface area contributed by atoms with Crippen molar-refractivity contribution in [3.63, 3.8) is 0 Å². The summed E-state index contributed by atoms with van der Waals surface area (Å²) in [5, 5.41) is 16.0. The van der Waals surface area contributed by atoms with Gasteiger partial charge in [-0.3, -0.25) is 9.59 Å². The van der Waals surface area contributed by atoms with Gasteiger partial charge in [0.2, 0.25) is 5.91 Å². The second-order valence-electron chi connectivity index (χ2n) is 6.19. The highest BCUT2D eigenvalue weighted by molar-refractivity contribution is 7.12. The molecular weight excluding hydrogens is 332 g/mol. The Hall–Kier alpha value is -1.93. The fourth-order valence-corrected chi connectivity index (χ4v) is 2.43. The molecule has 1 heterocycles. The van der Waals surface area contributed by atoms with E-state index < -0.39 is 17.9 Å². The maximum Gasteiger partial charge on any atom is 0.326 e. The summed E-state index contributed by atoms with van der Waals surface area (Å²) in [7, 11) is 0. The van der Waals surface area contributed by atoms with Crippen LogP contribution in [-0.4, -0.2) is 47.7 Å². The van der Waals surface area contributed by atoms with Crippen LogP contribution in [0.15, 0.2) is 17.5 Å². The lowest BCUT2D eigenvalue weighted by Crippen LogP contribution is -2.43. The molecule has 2 amide bonds. The number of ether oxygens (including phenoxy) is 1. The minimum atomic E-state index is -1.11. The number of aliphatic carboxylic acids is 1. The zero-order valence-electron chi connectivity index (χ0n) is 14.1. The highest BCUT2D eigenvalue weighted by atomic mass is 32.1. The van der Waals surface area contributed by atoms with Gasteiger partial charge >= 0.3 is 5.97 Å². The van der Waals surface area contributed by atoms with E-state index in [2.05, 4.69) is 10.6 Å². The summed E-state index contributed by atoms with van der Waals surface area (Å²) in [5.41, 5.74) is -0.362. The smallest absolute Gasteiger partial charge is 0.326 e. The molecule has 7 nitrogen and oxygen atoms in total. The molecule has 0 aliphatic carbocycles. The third-order valence-corrected chi connectivity index (χ3v) is 3.83. The number of carboxylic acid groups (broad SMARTS) is 1. The van der Waals surface area contributed by atoms with Gasteiger partial charge in [-0.2, -0.15) is 0 Å². The lowest BCUT2D eigenvalue weighted by atomic mass is 10.1. The molecule has 3 N–H and O–H groups in total. The summed E-state index contributed by atoms with van der Waals surface area (Å²) in [4.78, 5) is 35.3. The molecule has 8 heteroatoms. The number of amides is 2. The molecule has 0 aliphatic rings. The Morgan fingerprint density at radius 2 is 2.04 bits per heavy atom. The molecule has 0 bridgehead atoms. The quantitative estimate of drug-likeness (QED) is 0.624. The molecule has 0 saturated carbocycles. The van der Waals surface area contributed by atoms with E-state index in [1.165, 1.54) is 11.3 Å². The minimum Gasteiger partial charge on any atom is -0.480 e. The van der Waals surface area contributed by atoms with E-state index in [1.807, 2.05) is 20.8 Å². The minimum absolute atomic E-state index is 0.0149. The van der Waals surface area contributed by atoms with Crippen molar-refractivity contribution in [1.29, 1.82) is 0 Å². The van der Waals surface area contributed by atoms with Crippen LogP contribution in [0.25, 0.3) is 0 Å². The van der Waals surface area contributed by atoms with Gasteiger partial charge in [0.25, 0.3) is 5.91 Å². The molecule has 0 radical (unpaired) electrons. The first kappa shape index (κ1) is 20.1. The van der Waals surface area contributed by atoms with Gasteiger partial charge in [-0.15, -0.1) is 11.3 Å². The van der Waals surface area contributed by atoms with Gasteiger partial charge in [0.1, 0.15) is 6.04 Å². The third kappa shape index (κ3) is 8.07. The molecule has 1 aromatic heterocycles. The number of carbonyl (C=O) groups is 3. The first-order valence-electron chi connectivity index (χ1n) is 7.67. The van der Waals surface area contributed by atoms with Crippen molar-refractivity contribution in [2.45, 2.75) is 45.3 Å². The lowest BCUT2D eigenvalue weighted by molar-refractivity contribution is -0.142. The molecule has 134 valence electrons. The summed E-state index contributed by atoms with van der Waals surface area (Å²) < 4.78 is 5.48. The summed E-state index contributed by atoms with van der Waals surface area (Å²) in [6, 6.07) is 2.45. The van der Waals surface area contributed by atoms with Gasteiger partial charge in [0, 0.05) is 26.0 Å². The Morgan fingerprint density at radius 3 is 2.58 bits per heavy atom. The van der Waals surface area contributed by atoms with Crippen molar-refractivity contribution in [3.8, 4) is 0 Å². The molecule has 1 aromatic rings. The molecule has 1 rings (SSSR count). The molecule has 0 aromatic carbocycles. The predicted octanol–water partition coefficient (Wildman–Crippen LogP) is 1.64. The second-order valence-corrected chi connectivity index (χ2v) is 7.14. The fourth-order valence-electron chi connectivity index (χ4n) is 1.79. The number of nitrogens with one attached hydrogen (secondary N) is 2. The van der Waals surface area contributed by atoms with Crippen LogP contribution in [0.5, 0.6) is 0 Å². The predicted molar refractivity (Wildman–Crippen MR) is 91.2 cm³/mol. The Balaban J connectivity index is 2.32. The normalized spacial score (nSPS) is 12.5. The maximum absolute atomic E-state index is 11.8. The maximum atomic E-state index is 11.8. The second kappa shape index (κ2) is 9.39. The average molecular weight is 356 g/mol. The highest BCUT2D eigenvalue weighted by Crippen LogP contribution is 2.08. The van der Waals surface area contributed by atoms with Gasteiger partial charge in [0.15, 0.2) is 0 Å². The van der Waals surface area contributed by atoms with E-state index in [1.54, 1.807) is 17.5 Å². The van der Waals surface area contributed by atoms with E-state index in [-0.39, 0.29) is 37.5 Å². The Morgan fingerprint density at radius 1 is 1.33 bits per heavy atom. The monoisotopic (exact) mass is 356 g/mol. The molecule has 1 atom stereocenters. The van der Waals surface area contributed by atoms with Crippen LogP contribution in [0.3, 0.4) is 0 Å². The van der Waals surface area contributed by atoms with E-state index in [0.29, 0.717) is 4.88 Å². The topological polar surface area (TPSA) is 105 Å². The summed E-state index contributed by atoms with van der Waals surface area (Å²) >= 11 is 1.31. The summed E-state index contributed by atoms with van der Waals surface area (Å²) in [6.45, 7) is 6.00. The van der Waals surface area contributed by atoms with Crippen LogP contribution in [0.1, 0.15) is 43.3 Å². The Labute approximate surface area is 145 Å². The van der Waals surface area contributed by atoms with Crippen LogP contribution in [0.4, 0.5) is 0 Å². The molecule has 1 unspecified atom stereocenters. The SMILES string of the molecule is CC(C)(C)OCCC(NC(=O)CCNC(=O)c1cccs1)C(=O)O. The standard InChI is InChI=1S/C16H24N2O5S/c1-16(2,3)23-9-7-11(15(21)22)18-13(19)6-8-17-14(20)12-5-4-10-24-12/h4-5,10-11H,6-9H2,1-3H3,(H,17,20)(H,18,19)(H,21,22). The Kier molecular flexibility index (Phi) is 7.87. The van der Waals surface area contributed by atoms with Crippen molar-refractivity contribution in [2.75, 3.05) is 13.2 Å². The van der Waals surface area contributed by atoms with Gasteiger partial charge in [0.05, 0.1) is 10.5 Å². The average Bonchev–Trinajstić information content (AvgIpc) is 2.98. The van der Waals surface area contributed by atoms with Crippen molar-refractivity contribution in [1.82, 2.24) is 10.6 Å². The molecule has 0 aliphatic heterocycles.